The number of rotatable bonds is 9. The second kappa shape index (κ2) is 9.42. The van der Waals surface area contributed by atoms with Gasteiger partial charge in [0, 0.05) is 30.1 Å². The number of benzene rings is 2. The predicted molar refractivity (Wildman–Crippen MR) is 129 cm³/mol. The maximum Gasteiger partial charge on any atom is 0.342 e. The van der Waals surface area contributed by atoms with E-state index in [9.17, 15) is 9.59 Å². The van der Waals surface area contributed by atoms with Crippen molar-refractivity contribution in [3.63, 3.8) is 0 Å². The Morgan fingerprint density at radius 1 is 1.03 bits per heavy atom. The number of aromatic nitrogens is 1. The topological polar surface area (TPSA) is 57.5 Å². The van der Waals surface area contributed by atoms with Crippen LogP contribution in [0.3, 0.4) is 0 Å². The molecule has 5 nitrogen and oxygen atoms in total. The SMILES string of the molecule is CCCCCCCCn1c(C)c(C2(OC(C)=O)OC(=O)c3ccc(C)cc32)c2ccccc21. The van der Waals surface area contributed by atoms with Crippen molar-refractivity contribution in [2.24, 2.45) is 0 Å². The first-order chi connectivity index (χ1) is 15.9. The van der Waals surface area contributed by atoms with E-state index in [1.54, 1.807) is 6.07 Å². The highest BCUT2D eigenvalue weighted by Crippen LogP contribution is 2.48. The Morgan fingerprint density at radius 2 is 1.76 bits per heavy atom. The Morgan fingerprint density at radius 3 is 2.52 bits per heavy atom. The molecule has 0 saturated heterocycles. The molecule has 174 valence electrons. The van der Waals surface area contributed by atoms with E-state index in [-0.39, 0.29) is 0 Å². The van der Waals surface area contributed by atoms with Crippen LogP contribution in [-0.4, -0.2) is 16.5 Å². The molecule has 0 radical (unpaired) electrons. The smallest absolute Gasteiger partial charge is 0.342 e. The van der Waals surface area contributed by atoms with Crippen molar-refractivity contribution in [1.82, 2.24) is 4.57 Å². The van der Waals surface area contributed by atoms with Gasteiger partial charge in [0.1, 0.15) is 0 Å². The molecule has 1 aliphatic rings. The summed E-state index contributed by atoms with van der Waals surface area (Å²) in [5.74, 6) is -2.55. The van der Waals surface area contributed by atoms with Crippen molar-refractivity contribution in [2.75, 3.05) is 0 Å². The fourth-order valence-electron chi connectivity index (χ4n) is 5.05. The molecule has 0 spiro atoms. The van der Waals surface area contributed by atoms with E-state index >= 15 is 0 Å². The number of carbonyl (C=O) groups is 2. The molecular formula is C28H33NO4. The molecule has 3 aromatic rings. The molecule has 0 bridgehead atoms. The molecule has 1 atom stereocenters. The normalized spacial score (nSPS) is 17.3. The molecule has 0 N–H and O–H groups in total. The number of fused-ring (bicyclic) bond motifs is 2. The van der Waals surface area contributed by atoms with Gasteiger partial charge in [0.05, 0.1) is 16.7 Å². The van der Waals surface area contributed by atoms with Crippen molar-refractivity contribution in [2.45, 2.75) is 78.6 Å². The molecule has 1 aliphatic heterocycles. The summed E-state index contributed by atoms with van der Waals surface area (Å²) < 4.78 is 14.1. The number of para-hydroxylation sites is 1. The van der Waals surface area contributed by atoms with Crippen LogP contribution in [-0.2, 0) is 26.6 Å². The monoisotopic (exact) mass is 447 g/mol. The number of unbranched alkanes of at least 4 members (excludes halogenated alkanes) is 5. The number of hydrogen-bond acceptors (Lipinski definition) is 4. The third-order valence-electron chi connectivity index (χ3n) is 6.57. The summed E-state index contributed by atoms with van der Waals surface area (Å²) in [6.45, 7) is 8.43. The minimum absolute atomic E-state index is 0.439. The molecule has 33 heavy (non-hydrogen) atoms. The molecule has 0 aliphatic carbocycles. The van der Waals surface area contributed by atoms with Crippen LogP contribution in [0.2, 0.25) is 0 Å². The lowest BCUT2D eigenvalue weighted by molar-refractivity contribution is -0.191. The van der Waals surface area contributed by atoms with Gasteiger partial charge < -0.3 is 14.0 Å². The summed E-state index contributed by atoms with van der Waals surface area (Å²) in [6, 6.07) is 13.6. The molecule has 4 rings (SSSR count). The number of hydrogen-bond donors (Lipinski definition) is 0. The Bertz CT molecular complexity index is 1190. The first-order valence-electron chi connectivity index (χ1n) is 12.0. The first-order valence-corrected chi connectivity index (χ1v) is 12.0. The zero-order chi connectivity index (χ0) is 23.6. The summed E-state index contributed by atoms with van der Waals surface area (Å²) in [5.41, 5.74) is 4.74. The summed E-state index contributed by atoms with van der Waals surface area (Å²) in [5, 5.41) is 0.935. The summed E-state index contributed by atoms with van der Waals surface area (Å²) >= 11 is 0. The predicted octanol–water partition coefficient (Wildman–Crippen LogP) is 6.55. The molecule has 1 aromatic heterocycles. The quantitative estimate of drug-likeness (QED) is 0.276. The third kappa shape index (κ3) is 4.17. The highest BCUT2D eigenvalue weighted by atomic mass is 16.7. The Hall–Kier alpha value is -3.08. The lowest BCUT2D eigenvalue weighted by Crippen LogP contribution is -2.34. The van der Waals surface area contributed by atoms with Crippen LogP contribution in [0.25, 0.3) is 10.9 Å². The number of cyclic esters (lactones) is 1. The van der Waals surface area contributed by atoms with Gasteiger partial charge in [-0.2, -0.15) is 0 Å². The number of nitrogens with zero attached hydrogens (tertiary/aromatic N) is 1. The minimum Gasteiger partial charge on any atom is -0.414 e. The second-order valence-corrected chi connectivity index (χ2v) is 9.05. The summed E-state index contributed by atoms with van der Waals surface area (Å²) in [4.78, 5) is 25.2. The van der Waals surface area contributed by atoms with Crippen LogP contribution >= 0.6 is 0 Å². The van der Waals surface area contributed by atoms with Crippen molar-refractivity contribution < 1.29 is 19.1 Å². The van der Waals surface area contributed by atoms with Crippen molar-refractivity contribution in [1.29, 1.82) is 0 Å². The van der Waals surface area contributed by atoms with E-state index in [4.69, 9.17) is 9.47 Å². The Labute approximate surface area is 195 Å². The number of carbonyl (C=O) groups excluding carboxylic acids is 2. The van der Waals surface area contributed by atoms with Gasteiger partial charge in [-0.05, 0) is 38.5 Å². The Balaban J connectivity index is 1.83. The molecule has 0 fully saturated rings. The van der Waals surface area contributed by atoms with Crippen LogP contribution in [0.15, 0.2) is 42.5 Å². The van der Waals surface area contributed by atoms with Gasteiger partial charge in [0.25, 0.3) is 0 Å². The maximum absolute atomic E-state index is 12.9. The lowest BCUT2D eigenvalue weighted by Gasteiger charge is -2.29. The van der Waals surface area contributed by atoms with E-state index in [0.717, 1.165) is 40.7 Å². The third-order valence-corrected chi connectivity index (χ3v) is 6.57. The van der Waals surface area contributed by atoms with E-state index < -0.39 is 17.7 Å². The van der Waals surface area contributed by atoms with Crippen LogP contribution in [0.5, 0.6) is 0 Å². The number of aryl methyl sites for hydroxylation is 2. The highest BCUT2D eigenvalue weighted by Gasteiger charge is 2.53. The van der Waals surface area contributed by atoms with Gasteiger partial charge in [0.15, 0.2) is 0 Å². The van der Waals surface area contributed by atoms with Crippen LogP contribution in [0.4, 0.5) is 0 Å². The first kappa shape index (κ1) is 23.1. The van der Waals surface area contributed by atoms with E-state index in [1.807, 2.05) is 44.2 Å². The van der Waals surface area contributed by atoms with Crippen LogP contribution in [0, 0.1) is 13.8 Å². The summed E-state index contributed by atoms with van der Waals surface area (Å²) in [7, 11) is 0. The standard InChI is InChI=1S/C28H33NO4/c1-5-6-7-8-9-12-17-29-20(3)26(23-13-10-11-14-25(23)29)28(32-21(4)30)24-18-19(2)15-16-22(24)27(31)33-28/h10-11,13-16,18H,5-9,12,17H2,1-4H3. The van der Waals surface area contributed by atoms with E-state index in [0.29, 0.717) is 11.1 Å². The largest absolute Gasteiger partial charge is 0.414 e. The van der Waals surface area contributed by atoms with Gasteiger partial charge >= 0.3 is 17.7 Å². The lowest BCUT2D eigenvalue weighted by atomic mass is 9.92. The van der Waals surface area contributed by atoms with Crippen molar-refractivity contribution in [3.05, 3.63) is 70.4 Å². The van der Waals surface area contributed by atoms with Crippen LogP contribution < -0.4 is 0 Å². The maximum atomic E-state index is 12.9. The average molecular weight is 448 g/mol. The number of ether oxygens (including phenoxy) is 2. The number of esters is 2. The van der Waals surface area contributed by atoms with E-state index in [2.05, 4.69) is 17.6 Å². The van der Waals surface area contributed by atoms with Crippen molar-refractivity contribution >= 4 is 22.8 Å². The second-order valence-electron chi connectivity index (χ2n) is 9.05. The minimum atomic E-state index is -1.58. The zero-order valence-corrected chi connectivity index (χ0v) is 20.1. The molecule has 5 heteroatoms. The molecule has 1 unspecified atom stereocenters. The fraction of sp³-hybridized carbons (Fsp3) is 0.429. The van der Waals surface area contributed by atoms with Crippen molar-refractivity contribution in [3.8, 4) is 0 Å². The van der Waals surface area contributed by atoms with E-state index in [1.165, 1.54) is 39.0 Å². The van der Waals surface area contributed by atoms with Gasteiger partial charge in [0.2, 0.25) is 0 Å². The molecule has 0 saturated carbocycles. The highest BCUT2D eigenvalue weighted by molar-refractivity contribution is 5.97. The van der Waals surface area contributed by atoms with Gasteiger partial charge in [-0.1, -0.05) is 68.9 Å². The van der Waals surface area contributed by atoms with Gasteiger partial charge in [-0.3, -0.25) is 4.79 Å². The Kier molecular flexibility index (Phi) is 6.59. The summed E-state index contributed by atoms with van der Waals surface area (Å²) in [6.07, 6.45) is 7.27. The van der Waals surface area contributed by atoms with Gasteiger partial charge in [-0.15, -0.1) is 0 Å². The zero-order valence-electron chi connectivity index (χ0n) is 20.1. The molecule has 2 heterocycles. The fourth-order valence-corrected chi connectivity index (χ4v) is 5.05. The average Bonchev–Trinajstić information content (AvgIpc) is 3.21. The molecule has 2 aromatic carbocycles. The van der Waals surface area contributed by atoms with Gasteiger partial charge in [-0.25, -0.2) is 4.79 Å². The molecular weight excluding hydrogens is 414 g/mol. The van der Waals surface area contributed by atoms with Crippen LogP contribution in [0.1, 0.15) is 85.1 Å². The molecule has 0 amide bonds.